The van der Waals surface area contributed by atoms with Gasteiger partial charge in [0.1, 0.15) is 6.61 Å². The fourth-order valence-electron chi connectivity index (χ4n) is 2.05. The van der Waals surface area contributed by atoms with E-state index in [1.54, 1.807) is 0 Å². The van der Waals surface area contributed by atoms with Crippen LogP contribution >= 0.6 is 0 Å². The SMILES string of the molecule is CC(C(=O)NC(C)(C)C)N1CC(C)(OCC(=O)O)C1. The van der Waals surface area contributed by atoms with Crippen LogP contribution in [0.3, 0.4) is 0 Å². The van der Waals surface area contributed by atoms with Crippen LogP contribution in [0, 0.1) is 0 Å². The Morgan fingerprint density at radius 3 is 2.37 bits per heavy atom. The molecule has 0 aliphatic carbocycles. The number of carbonyl (C=O) groups excluding carboxylic acids is 1. The summed E-state index contributed by atoms with van der Waals surface area (Å²) >= 11 is 0. The van der Waals surface area contributed by atoms with E-state index in [0.717, 1.165) is 0 Å². The van der Waals surface area contributed by atoms with Crippen LogP contribution in [0.2, 0.25) is 0 Å². The highest BCUT2D eigenvalue weighted by Crippen LogP contribution is 2.26. The first-order valence-corrected chi connectivity index (χ1v) is 6.44. The van der Waals surface area contributed by atoms with Crippen molar-refractivity contribution in [2.45, 2.75) is 51.8 Å². The van der Waals surface area contributed by atoms with Crippen LogP contribution in [-0.2, 0) is 14.3 Å². The van der Waals surface area contributed by atoms with Crippen molar-refractivity contribution in [1.82, 2.24) is 10.2 Å². The lowest BCUT2D eigenvalue weighted by Gasteiger charge is -2.49. The van der Waals surface area contributed by atoms with Crippen molar-refractivity contribution in [2.75, 3.05) is 19.7 Å². The van der Waals surface area contributed by atoms with E-state index < -0.39 is 11.6 Å². The Balaban J connectivity index is 2.41. The molecule has 1 atom stereocenters. The van der Waals surface area contributed by atoms with E-state index >= 15 is 0 Å². The summed E-state index contributed by atoms with van der Waals surface area (Å²) < 4.78 is 5.32. The Hall–Kier alpha value is -1.14. The van der Waals surface area contributed by atoms with Gasteiger partial charge in [0.2, 0.25) is 5.91 Å². The van der Waals surface area contributed by atoms with Crippen LogP contribution in [0.15, 0.2) is 0 Å². The molecule has 1 saturated heterocycles. The molecule has 6 nitrogen and oxygen atoms in total. The standard InChI is InChI=1S/C13H24N2O4/c1-9(11(18)14-12(2,3)4)15-7-13(5,8-15)19-6-10(16)17/h9H,6-8H2,1-5H3,(H,14,18)(H,16,17). The molecule has 6 heteroatoms. The molecule has 1 aliphatic rings. The van der Waals surface area contributed by atoms with Crippen LogP contribution in [0.1, 0.15) is 34.6 Å². The van der Waals surface area contributed by atoms with Crippen molar-refractivity contribution in [3.05, 3.63) is 0 Å². The number of ether oxygens (including phenoxy) is 1. The smallest absolute Gasteiger partial charge is 0.329 e. The van der Waals surface area contributed by atoms with Gasteiger partial charge in [0.25, 0.3) is 0 Å². The number of nitrogens with zero attached hydrogens (tertiary/aromatic N) is 1. The molecule has 0 saturated carbocycles. The second-order valence-corrected chi connectivity index (χ2v) is 6.45. The van der Waals surface area contributed by atoms with E-state index in [-0.39, 0.29) is 24.1 Å². The molecule has 1 rings (SSSR count). The molecular weight excluding hydrogens is 248 g/mol. The molecule has 1 amide bonds. The van der Waals surface area contributed by atoms with Crippen molar-refractivity contribution in [1.29, 1.82) is 0 Å². The van der Waals surface area contributed by atoms with Gasteiger partial charge in [-0.3, -0.25) is 9.69 Å². The Labute approximate surface area is 114 Å². The quantitative estimate of drug-likeness (QED) is 0.760. The van der Waals surface area contributed by atoms with Gasteiger partial charge >= 0.3 is 5.97 Å². The first-order valence-electron chi connectivity index (χ1n) is 6.44. The van der Waals surface area contributed by atoms with E-state index in [9.17, 15) is 9.59 Å². The first-order chi connectivity index (χ1) is 8.52. The van der Waals surface area contributed by atoms with Crippen molar-refractivity contribution < 1.29 is 19.4 Å². The molecule has 1 unspecified atom stereocenters. The third-order valence-electron chi connectivity index (χ3n) is 3.04. The molecule has 1 heterocycles. The number of rotatable bonds is 5. The number of likely N-dealkylation sites (tertiary alicyclic amines) is 1. The summed E-state index contributed by atoms with van der Waals surface area (Å²) in [5.74, 6) is -0.994. The summed E-state index contributed by atoms with van der Waals surface area (Å²) in [6.07, 6.45) is 0. The monoisotopic (exact) mass is 272 g/mol. The molecule has 0 radical (unpaired) electrons. The molecule has 110 valence electrons. The highest BCUT2D eigenvalue weighted by atomic mass is 16.5. The Morgan fingerprint density at radius 1 is 1.42 bits per heavy atom. The lowest BCUT2D eigenvalue weighted by atomic mass is 9.94. The number of hydrogen-bond donors (Lipinski definition) is 2. The summed E-state index contributed by atoms with van der Waals surface area (Å²) in [6.45, 7) is 10.4. The summed E-state index contributed by atoms with van der Waals surface area (Å²) in [5.41, 5.74) is -0.714. The number of carboxylic acids is 1. The van der Waals surface area contributed by atoms with Gasteiger partial charge in [0, 0.05) is 18.6 Å². The number of carbonyl (C=O) groups is 2. The highest BCUT2D eigenvalue weighted by Gasteiger charge is 2.44. The second kappa shape index (κ2) is 5.46. The van der Waals surface area contributed by atoms with Crippen LogP contribution in [0.5, 0.6) is 0 Å². The first kappa shape index (κ1) is 15.9. The fourth-order valence-corrected chi connectivity index (χ4v) is 2.05. The zero-order chi connectivity index (χ0) is 14.8. The Kier molecular flexibility index (Phi) is 4.58. The predicted octanol–water partition coefficient (Wildman–Crippen LogP) is 0.465. The topological polar surface area (TPSA) is 78.9 Å². The van der Waals surface area contributed by atoms with Crippen LogP contribution in [-0.4, -0.2) is 58.8 Å². The molecule has 0 aromatic carbocycles. The summed E-state index contributed by atoms with van der Waals surface area (Å²) in [4.78, 5) is 24.4. The van der Waals surface area contributed by atoms with Crippen molar-refractivity contribution in [3.63, 3.8) is 0 Å². The van der Waals surface area contributed by atoms with Crippen LogP contribution in [0.25, 0.3) is 0 Å². The summed E-state index contributed by atoms with van der Waals surface area (Å²) in [7, 11) is 0. The number of nitrogens with one attached hydrogen (secondary N) is 1. The zero-order valence-corrected chi connectivity index (χ0v) is 12.3. The lowest BCUT2D eigenvalue weighted by molar-refractivity contribution is -0.171. The number of carboxylic acid groups (broad SMARTS) is 1. The van der Waals surface area contributed by atoms with E-state index in [1.165, 1.54) is 0 Å². The molecule has 1 fully saturated rings. The van der Waals surface area contributed by atoms with E-state index in [0.29, 0.717) is 13.1 Å². The third-order valence-corrected chi connectivity index (χ3v) is 3.04. The van der Waals surface area contributed by atoms with Crippen molar-refractivity contribution in [3.8, 4) is 0 Å². The Morgan fingerprint density at radius 2 is 1.95 bits per heavy atom. The van der Waals surface area contributed by atoms with E-state index in [1.807, 2.05) is 39.5 Å². The largest absolute Gasteiger partial charge is 0.480 e. The van der Waals surface area contributed by atoms with Crippen LogP contribution < -0.4 is 5.32 Å². The molecule has 0 bridgehead atoms. The van der Waals surface area contributed by atoms with Gasteiger partial charge in [-0.2, -0.15) is 0 Å². The normalized spacial score (nSPS) is 20.5. The molecule has 0 aromatic heterocycles. The predicted molar refractivity (Wildman–Crippen MR) is 70.9 cm³/mol. The minimum absolute atomic E-state index is 0.0206. The van der Waals surface area contributed by atoms with Gasteiger partial charge in [0.05, 0.1) is 11.6 Å². The maximum absolute atomic E-state index is 12.0. The van der Waals surface area contributed by atoms with E-state index in [2.05, 4.69) is 5.32 Å². The minimum Gasteiger partial charge on any atom is -0.480 e. The zero-order valence-electron chi connectivity index (χ0n) is 12.3. The Bertz CT molecular complexity index is 356. The second-order valence-electron chi connectivity index (χ2n) is 6.45. The van der Waals surface area contributed by atoms with Gasteiger partial charge in [-0.05, 0) is 34.6 Å². The van der Waals surface area contributed by atoms with Crippen LogP contribution in [0.4, 0.5) is 0 Å². The van der Waals surface area contributed by atoms with Gasteiger partial charge in [-0.1, -0.05) is 0 Å². The summed E-state index contributed by atoms with van der Waals surface area (Å²) in [6, 6.07) is -0.235. The fraction of sp³-hybridized carbons (Fsp3) is 0.846. The molecule has 0 spiro atoms. The minimum atomic E-state index is -0.974. The number of amides is 1. The molecule has 0 aromatic rings. The molecule has 2 N–H and O–H groups in total. The average Bonchev–Trinajstić information content (AvgIpc) is 2.19. The van der Waals surface area contributed by atoms with E-state index in [4.69, 9.17) is 9.84 Å². The van der Waals surface area contributed by atoms with Gasteiger partial charge in [0.15, 0.2) is 0 Å². The lowest BCUT2D eigenvalue weighted by Crippen LogP contribution is -2.67. The maximum atomic E-state index is 12.0. The van der Waals surface area contributed by atoms with Gasteiger partial charge < -0.3 is 15.2 Å². The number of aliphatic carboxylic acids is 1. The summed E-state index contributed by atoms with van der Waals surface area (Å²) in [5, 5.41) is 11.5. The van der Waals surface area contributed by atoms with Crippen molar-refractivity contribution in [2.24, 2.45) is 0 Å². The van der Waals surface area contributed by atoms with Crippen molar-refractivity contribution >= 4 is 11.9 Å². The third kappa shape index (κ3) is 4.80. The average molecular weight is 272 g/mol. The maximum Gasteiger partial charge on any atom is 0.329 e. The highest BCUT2D eigenvalue weighted by molar-refractivity contribution is 5.82. The molecule has 1 aliphatic heterocycles. The molecule has 19 heavy (non-hydrogen) atoms. The molecular formula is C13H24N2O4. The van der Waals surface area contributed by atoms with Gasteiger partial charge in [-0.15, -0.1) is 0 Å². The van der Waals surface area contributed by atoms with Gasteiger partial charge in [-0.25, -0.2) is 4.79 Å². The number of hydrogen-bond acceptors (Lipinski definition) is 4.